The van der Waals surface area contributed by atoms with Crippen molar-refractivity contribution in [3.63, 3.8) is 0 Å². The van der Waals surface area contributed by atoms with E-state index in [4.69, 9.17) is 28.4 Å². The fourth-order valence-electron chi connectivity index (χ4n) is 12.6. The molecule has 0 bridgehead atoms. The van der Waals surface area contributed by atoms with Crippen LogP contribution in [0.2, 0.25) is 0 Å². The molecule has 0 aromatic heterocycles. The third-order valence-corrected chi connectivity index (χ3v) is 19.1. The van der Waals surface area contributed by atoms with Gasteiger partial charge in [0.25, 0.3) is 0 Å². The Balaban J connectivity index is 1.37. The second-order valence-electron chi connectivity index (χ2n) is 28.1. The van der Waals surface area contributed by atoms with Gasteiger partial charge >= 0.3 is 0 Å². The molecule has 0 radical (unpaired) electrons. The van der Waals surface area contributed by atoms with Crippen LogP contribution in [-0.2, 0) is 33.2 Å². The van der Waals surface area contributed by atoms with Gasteiger partial charge in [0.1, 0.15) is 73.2 Å². The number of amides is 1. The van der Waals surface area contributed by atoms with E-state index >= 15 is 0 Å². The van der Waals surface area contributed by atoms with Crippen LogP contribution in [0.5, 0.6) is 0 Å². The number of rotatable bonds is 62. The number of aliphatic hydroxyl groups is 11. The minimum Gasteiger partial charge on any atom is -0.394 e. The maximum atomic E-state index is 13.5. The molecule has 17 unspecified atom stereocenters. The van der Waals surface area contributed by atoms with E-state index in [1.807, 2.05) is 6.08 Å². The van der Waals surface area contributed by atoms with E-state index < -0.39 is 124 Å². The van der Waals surface area contributed by atoms with Crippen molar-refractivity contribution in [1.29, 1.82) is 0 Å². The van der Waals surface area contributed by atoms with Gasteiger partial charge < -0.3 is 89.9 Å². The first-order valence-electron chi connectivity index (χ1n) is 40.7. The number of nitrogens with one attached hydrogen (secondary N) is 1. The molecule has 12 N–H and O–H groups in total. The van der Waals surface area contributed by atoms with Gasteiger partial charge in [-0.05, 0) is 109 Å². The van der Waals surface area contributed by atoms with Crippen LogP contribution in [0.15, 0.2) is 158 Å². The minimum absolute atomic E-state index is 0.203. The van der Waals surface area contributed by atoms with Crippen LogP contribution < -0.4 is 5.32 Å². The number of ether oxygens (including phenoxy) is 6. The molecule has 0 spiro atoms. The lowest BCUT2D eigenvalue weighted by atomic mass is 9.96. The highest BCUT2D eigenvalue weighted by Gasteiger charge is 2.54. The quantitative estimate of drug-likeness (QED) is 0.0199. The largest absolute Gasteiger partial charge is 0.394 e. The molecule has 0 aromatic rings. The van der Waals surface area contributed by atoms with Gasteiger partial charge in [0.2, 0.25) is 5.91 Å². The first-order valence-corrected chi connectivity index (χ1v) is 40.7. The number of hydrogen-bond acceptors (Lipinski definition) is 18. The Hall–Kier alpha value is -4.59. The summed E-state index contributed by atoms with van der Waals surface area (Å²) in [6, 6.07) is -1.000. The van der Waals surface area contributed by atoms with Crippen molar-refractivity contribution in [2.45, 2.75) is 356 Å². The fraction of sp³-hybridized carbons (Fsp3) is 0.690. The molecule has 3 heterocycles. The zero-order valence-corrected chi connectivity index (χ0v) is 64.6. The zero-order chi connectivity index (χ0) is 76.7. The number of hydrogen-bond donors (Lipinski definition) is 12. The number of allylic oxidation sites excluding steroid dienone is 25. The molecule has 106 heavy (non-hydrogen) atoms. The summed E-state index contributed by atoms with van der Waals surface area (Å²) in [7, 11) is 0. The highest BCUT2D eigenvalue weighted by molar-refractivity contribution is 5.76. The molecule has 3 saturated heterocycles. The lowest BCUT2D eigenvalue weighted by molar-refractivity contribution is -0.379. The van der Waals surface area contributed by atoms with E-state index in [2.05, 4.69) is 165 Å². The predicted octanol–water partition coefficient (Wildman–Crippen LogP) is 14.0. The van der Waals surface area contributed by atoms with Crippen molar-refractivity contribution in [2.24, 2.45) is 0 Å². The smallest absolute Gasteiger partial charge is 0.220 e. The number of carbonyl (C=O) groups excluding carboxylic acids is 1. The van der Waals surface area contributed by atoms with Crippen molar-refractivity contribution >= 4 is 5.91 Å². The predicted molar refractivity (Wildman–Crippen MR) is 424 cm³/mol. The van der Waals surface area contributed by atoms with Gasteiger partial charge in [-0.15, -0.1) is 0 Å². The maximum absolute atomic E-state index is 13.5. The average Bonchev–Trinajstić information content (AvgIpc) is 0.780. The number of carbonyl (C=O) groups is 1. The second-order valence-corrected chi connectivity index (χ2v) is 28.1. The van der Waals surface area contributed by atoms with Crippen LogP contribution in [0, 0.1) is 0 Å². The SMILES string of the molecule is CC/C=C\C/C=C\C/C=C\C/C=C\C/C=C\C/C=C\C/C=C\C/C=C\C/C=C\C/C=C\C/C=C\C/C=C\CCCCCCC(=O)NC(COC1OC(CO)C(OC2OC(CO)C(OC3OC(CO)C(O)C(O)C3O)C(O)C2O)C(O)C1O)C(O)/C=C/CCCCCCCCCCCCCCCCCCCC. The van der Waals surface area contributed by atoms with Crippen LogP contribution in [-0.4, -0.2) is 193 Å². The van der Waals surface area contributed by atoms with Crippen LogP contribution in [0.4, 0.5) is 0 Å². The summed E-state index contributed by atoms with van der Waals surface area (Å²) in [6.07, 6.45) is 69.3. The molecule has 3 aliphatic heterocycles. The van der Waals surface area contributed by atoms with Gasteiger partial charge in [-0.25, -0.2) is 0 Å². The summed E-state index contributed by atoms with van der Waals surface area (Å²) >= 11 is 0. The Morgan fingerprint density at radius 3 is 1.02 bits per heavy atom. The van der Waals surface area contributed by atoms with Gasteiger partial charge in [-0.2, -0.15) is 0 Å². The summed E-state index contributed by atoms with van der Waals surface area (Å²) in [5.41, 5.74) is 0. The summed E-state index contributed by atoms with van der Waals surface area (Å²) < 4.78 is 34.4. The lowest BCUT2D eigenvalue weighted by Gasteiger charge is -2.48. The molecular weight excluding hydrogens is 1350 g/mol. The molecule has 3 aliphatic rings. The lowest BCUT2D eigenvalue weighted by Crippen LogP contribution is -2.66. The van der Waals surface area contributed by atoms with Crippen LogP contribution in [0.3, 0.4) is 0 Å². The van der Waals surface area contributed by atoms with Crippen molar-refractivity contribution in [2.75, 3.05) is 26.4 Å². The van der Waals surface area contributed by atoms with Crippen LogP contribution in [0.25, 0.3) is 0 Å². The molecule has 604 valence electrons. The molecule has 19 nitrogen and oxygen atoms in total. The van der Waals surface area contributed by atoms with Crippen LogP contribution in [0.1, 0.15) is 251 Å². The first-order chi connectivity index (χ1) is 51.8. The van der Waals surface area contributed by atoms with E-state index in [-0.39, 0.29) is 18.9 Å². The fourth-order valence-corrected chi connectivity index (χ4v) is 12.6. The maximum Gasteiger partial charge on any atom is 0.220 e. The average molecular weight is 1490 g/mol. The van der Waals surface area contributed by atoms with Crippen molar-refractivity contribution in [3.05, 3.63) is 158 Å². The normalized spacial score (nSPS) is 26.5. The Labute approximate surface area is 637 Å². The molecule has 0 saturated carbocycles. The molecule has 3 rings (SSSR count). The Kier molecular flexibility index (Phi) is 58.8. The Morgan fingerprint density at radius 2 is 0.651 bits per heavy atom. The Morgan fingerprint density at radius 1 is 0.349 bits per heavy atom. The van der Waals surface area contributed by atoms with Gasteiger partial charge in [-0.1, -0.05) is 294 Å². The molecule has 19 heteroatoms. The first kappa shape index (κ1) is 95.6. The second kappa shape index (κ2) is 65.2. The number of unbranched alkanes of at least 4 members (excludes halogenated alkanes) is 22. The van der Waals surface area contributed by atoms with Crippen LogP contribution >= 0.6 is 0 Å². The molecule has 17 atom stereocenters. The van der Waals surface area contributed by atoms with Crippen molar-refractivity contribution in [3.8, 4) is 0 Å². The highest BCUT2D eigenvalue weighted by atomic mass is 16.8. The molecule has 0 aromatic carbocycles. The summed E-state index contributed by atoms with van der Waals surface area (Å²) in [5, 5.41) is 121. The van der Waals surface area contributed by atoms with Gasteiger partial charge in [0, 0.05) is 6.42 Å². The van der Waals surface area contributed by atoms with Crippen molar-refractivity contribution in [1.82, 2.24) is 5.32 Å². The van der Waals surface area contributed by atoms with E-state index in [0.717, 1.165) is 128 Å². The Bertz CT molecular complexity index is 2530. The third-order valence-electron chi connectivity index (χ3n) is 19.1. The van der Waals surface area contributed by atoms with E-state index in [0.29, 0.717) is 6.42 Å². The van der Waals surface area contributed by atoms with E-state index in [1.54, 1.807) is 6.08 Å². The molecule has 0 aliphatic carbocycles. The highest BCUT2D eigenvalue weighted by Crippen LogP contribution is 2.33. The molecule has 1 amide bonds. The molecule has 3 fully saturated rings. The van der Waals surface area contributed by atoms with E-state index in [1.165, 1.54) is 96.3 Å². The monoisotopic (exact) mass is 1490 g/mol. The minimum atomic E-state index is -1.99. The van der Waals surface area contributed by atoms with Gasteiger partial charge in [0.15, 0.2) is 18.9 Å². The summed E-state index contributed by atoms with van der Waals surface area (Å²) in [4.78, 5) is 13.5. The van der Waals surface area contributed by atoms with Gasteiger partial charge in [-0.3, -0.25) is 4.79 Å². The van der Waals surface area contributed by atoms with E-state index in [9.17, 15) is 61.0 Å². The third kappa shape index (κ3) is 44.3. The summed E-state index contributed by atoms with van der Waals surface area (Å²) in [6.45, 7) is 1.60. The van der Waals surface area contributed by atoms with Gasteiger partial charge in [0.05, 0.1) is 38.6 Å². The standard InChI is InChI=1S/C87H143NO18/c1-3-5-7-9-11-13-15-17-19-21-23-25-26-27-28-29-30-31-32-33-34-35-36-37-38-39-40-41-42-43-44-45-47-49-51-53-55-57-59-61-63-65-75(93)88-70(71(92)64-62-60-58-56-54-52-50-48-46-24-22-20-18-16-14-12-10-8-6-4-2)69-101-85-81(99)78(96)83(73(67-90)103-85)106-87-82(100)79(97)84(74(68-91)104-87)105-86-80(98)77(95)76(94)72(66-89)102-86/h5,7,11,13,17,19,23,25,27-28,30-31,33-34,36-37,39-40,42-43,45,47,51,53,62,64,70-74,76-87,89-92,94-100H,3-4,6,8-10,12,14-16,18,20-22,24,26,29,32,35,38,41,44,46,48-50,52,54-61,63,65-69H2,1-2H3,(H,88,93)/b7-5-,13-11-,19-17-,25-23-,28-27-,31-30-,34-33-,37-36-,40-39-,43-42-,47-45-,53-51-,64-62+. The number of aliphatic hydroxyl groups excluding tert-OH is 11. The summed E-state index contributed by atoms with van der Waals surface area (Å²) in [5.74, 6) is -0.305. The molecular formula is C87H143NO18. The topological polar surface area (TPSA) is 307 Å². The zero-order valence-electron chi connectivity index (χ0n) is 64.6. The van der Waals surface area contributed by atoms with Crippen molar-refractivity contribution < 1.29 is 89.4 Å².